The average Bonchev–Trinajstić information content (AvgIpc) is 2.31. The molecular formula is C11H16ClFN2O3. The Morgan fingerprint density at radius 1 is 1.50 bits per heavy atom. The number of halogens is 2. The van der Waals surface area contributed by atoms with E-state index in [9.17, 15) is 9.18 Å². The second kappa shape index (κ2) is 7.86. The predicted molar refractivity (Wildman–Crippen MR) is 68.7 cm³/mol. The molecule has 5 nitrogen and oxygen atoms in total. The molecule has 0 bridgehead atoms. The van der Waals surface area contributed by atoms with Crippen molar-refractivity contribution in [1.82, 2.24) is 0 Å². The number of carbonyl (C=O) groups excluding carboxylic acids is 1. The summed E-state index contributed by atoms with van der Waals surface area (Å²) in [5.74, 6) is -0.624. The van der Waals surface area contributed by atoms with Gasteiger partial charge in [-0.3, -0.25) is 4.79 Å². The predicted octanol–water partition coefficient (Wildman–Crippen LogP) is 1.17. The smallest absolute Gasteiger partial charge is 0.243 e. The Morgan fingerprint density at radius 3 is 2.72 bits per heavy atom. The third-order valence-electron chi connectivity index (χ3n) is 2.10. The summed E-state index contributed by atoms with van der Waals surface area (Å²) in [4.78, 5) is 11.6. The highest BCUT2D eigenvalue weighted by atomic mass is 35.5. The van der Waals surface area contributed by atoms with Gasteiger partial charge in [0.2, 0.25) is 5.91 Å². The summed E-state index contributed by atoms with van der Waals surface area (Å²) in [6.07, 6.45) is 0. The first-order valence-electron chi connectivity index (χ1n) is 4.97. The van der Waals surface area contributed by atoms with Crippen LogP contribution in [0.25, 0.3) is 0 Å². The first-order chi connectivity index (χ1) is 8.08. The van der Waals surface area contributed by atoms with Gasteiger partial charge in [-0.2, -0.15) is 0 Å². The zero-order valence-corrected chi connectivity index (χ0v) is 10.9. The Morgan fingerprint density at radius 2 is 2.17 bits per heavy atom. The number of hydrogen-bond donors (Lipinski definition) is 2. The molecule has 18 heavy (non-hydrogen) atoms. The number of methoxy groups -OCH3 is 2. The largest absolute Gasteiger partial charge is 0.494 e. The molecule has 0 saturated carbocycles. The van der Waals surface area contributed by atoms with Crippen molar-refractivity contribution in [3.8, 4) is 5.75 Å². The van der Waals surface area contributed by atoms with Crippen LogP contribution >= 0.6 is 12.4 Å². The summed E-state index contributed by atoms with van der Waals surface area (Å²) in [7, 11) is 2.84. The summed E-state index contributed by atoms with van der Waals surface area (Å²) < 4.78 is 22.6. The van der Waals surface area contributed by atoms with Crippen LogP contribution in [0.1, 0.15) is 0 Å². The minimum atomic E-state index is -0.783. The molecule has 1 aromatic carbocycles. The van der Waals surface area contributed by atoms with Crippen molar-refractivity contribution in [2.24, 2.45) is 5.73 Å². The fourth-order valence-corrected chi connectivity index (χ4v) is 1.25. The van der Waals surface area contributed by atoms with Crippen molar-refractivity contribution < 1.29 is 18.7 Å². The van der Waals surface area contributed by atoms with Gasteiger partial charge in [0.05, 0.1) is 19.4 Å². The molecule has 0 radical (unpaired) electrons. The van der Waals surface area contributed by atoms with Gasteiger partial charge in [0.1, 0.15) is 17.6 Å². The SMILES string of the molecule is COCC(N)C(=O)Nc1ccc(F)cc1OC.Cl. The third-order valence-corrected chi connectivity index (χ3v) is 2.10. The van der Waals surface area contributed by atoms with Crippen LogP contribution in [0.3, 0.4) is 0 Å². The summed E-state index contributed by atoms with van der Waals surface area (Å²) >= 11 is 0. The average molecular weight is 279 g/mol. The molecule has 7 heteroatoms. The maximum Gasteiger partial charge on any atom is 0.243 e. The van der Waals surface area contributed by atoms with Crippen LogP contribution in [-0.2, 0) is 9.53 Å². The first-order valence-corrected chi connectivity index (χ1v) is 4.97. The number of hydrogen-bond acceptors (Lipinski definition) is 4. The van der Waals surface area contributed by atoms with Gasteiger partial charge in [0, 0.05) is 13.2 Å². The molecule has 0 fully saturated rings. The number of rotatable bonds is 5. The molecule has 1 rings (SSSR count). The number of anilines is 1. The molecule has 0 aliphatic rings. The van der Waals surface area contributed by atoms with Gasteiger partial charge in [0.15, 0.2) is 0 Å². The van der Waals surface area contributed by atoms with E-state index in [0.717, 1.165) is 0 Å². The van der Waals surface area contributed by atoms with E-state index in [1.807, 2.05) is 0 Å². The molecule has 1 atom stereocenters. The van der Waals surface area contributed by atoms with Crippen LogP contribution in [0.15, 0.2) is 18.2 Å². The monoisotopic (exact) mass is 278 g/mol. The molecule has 1 aromatic rings. The lowest BCUT2D eigenvalue weighted by Gasteiger charge is -2.13. The van der Waals surface area contributed by atoms with Gasteiger partial charge in [-0.1, -0.05) is 0 Å². The van der Waals surface area contributed by atoms with Crippen molar-refractivity contribution in [2.45, 2.75) is 6.04 Å². The van der Waals surface area contributed by atoms with Crippen molar-refractivity contribution in [2.75, 3.05) is 26.1 Å². The molecule has 0 aliphatic heterocycles. The van der Waals surface area contributed by atoms with Crippen LogP contribution in [-0.4, -0.2) is 32.8 Å². The minimum absolute atomic E-state index is 0. The van der Waals surface area contributed by atoms with Crippen LogP contribution in [0.5, 0.6) is 5.75 Å². The van der Waals surface area contributed by atoms with Gasteiger partial charge in [-0.25, -0.2) is 4.39 Å². The molecular weight excluding hydrogens is 263 g/mol. The normalized spacial score (nSPS) is 11.3. The Hall–Kier alpha value is -1.37. The molecule has 0 spiro atoms. The van der Waals surface area contributed by atoms with E-state index in [1.165, 1.54) is 32.4 Å². The van der Waals surface area contributed by atoms with Gasteiger partial charge >= 0.3 is 0 Å². The van der Waals surface area contributed by atoms with E-state index < -0.39 is 17.8 Å². The number of benzene rings is 1. The van der Waals surface area contributed by atoms with Gasteiger partial charge in [0.25, 0.3) is 0 Å². The molecule has 1 amide bonds. The van der Waals surface area contributed by atoms with Crippen LogP contribution in [0.2, 0.25) is 0 Å². The summed E-state index contributed by atoms with van der Waals surface area (Å²) in [6.45, 7) is 0.106. The quantitative estimate of drug-likeness (QED) is 0.848. The van der Waals surface area contributed by atoms with E-state index in [0.29, 0.717) is 5.69 Å². The molecule has 3 N–H and O–H groups in total. The second-order valence-corrected chi connectivity index (χ2v) is 3.40. The minimum Gasteiger partial charge on any atom is -0.494 e. The molecule has 0 aliphatic carbocycles. The molecule has 0 aromatic heterocycles. The molecule has 102 valence electrons. The summed E-state index contributed by atoms with van der Waals surface area (Å²) in [5.41, 5.74) is 5.91. The lowest BCUT2D eigenvalue weighted by atomic mass is 10.2. The van der Waals surface area contributed by atoms with Crippen LogP contribution in [0, 0.1) is 5.82 Å². The fraction of sp³-hybridized carbons (Fsp3) is 0.364. The number of nitrogens with two attached hydrogens (primary N) is 1. The highest BCUT2D eigenvalue weighted by Gasteiger charge is 2.15. The van der Waals surface area contributed by atoms with E-state index in [1.54, 1.807) is 0 Å². The lowest BCUT2D eigenvalue weighted by molar-refractivity contribution is -0.118. The highest BCUT2D eigenvalue weighted by molar-refractivity contribution is 5.96. The van der Waals surface area contributed by atoms with Crippen LogP contribution in [0.4, 0.5) is 10.1 Å². The topological polar surface area (TPSA) is 73.6 Å². The highest BCUT2D eigenvalue weighted by Crippen LogP contribution is 2.24. The maximum absolute atomic E-state index is 12.9. The standard InChI is InChI=1S/C11H15FN2O3.ClH/c1-16-6-8(13)11(15)14-9-4-3-7(12)5-10(9)17-2;/h3-5,8H,6,13H2,1-2H3,(H,14,15);1H. The van der Waals surface area contributed by atoms with E-state index in [4.69, 9.17) is 15.2 Å². The summed E-state index contributed by atoms with van der Waals surface area (Å²) in [5, 5.41) is 2.54. The maximum atomic E-state index is 12.9. The van der Waals surface area contributed by atoms with E-state index >= 15 is 0 Å². The fourth-order valence-electron chi connectivity index (χ4n) is 1.25. The molecule has 1 unspecified atom stereocenters. The van der Waals surface area contributed by atoms with Gasteiger partial charge in [-0.05, 0) is 12.1 Å². The van der Waals surface area contributed by atoms with Crippen molar-refractivity contribution in [1.29, 1.82) is 0 Å². The van der Waals surface area contributed by atoms with Crippen molar-refractivity contribution in [3.63, 3.8) is 0 Å². The van der Waals surface area contributed by atoms with E-state index in [2.05, 4.69) is 5.32 Å². The molecule has 0 heterocycles. The zero-order valence-electron chi connectivity index (χ0n) is 10.1. The molecule has 0 saturated heterocycles. The Labute approximate surface area is 111 Å². The Kier molecular flexibility index (Phi) is 7.26. The zero-order chi connectivity index (χ0) is 12.8. The summed E-state index contributed by atoms with van der Waals surface area (Å²) in [6, 6.07) is 3.03. The number of amides is 1. The number of ether oxygens (including phenoxy) is 2. The lowest BCUT2D eigenvalue weighted by Crippen LogP contribution is -2.39. The van der Waals surface area contributed by atoms with Crippen LogP contribution < -0.4 is 15.8 Å². The number of carbonyl (C=O) groups is 1. The third kappa shape index (κ3) is 4.48. The van der Waals surface area contributed by atoms with Gasteiger partial charge in [-0.15, -0.1) is 12.4 Å². The first kappa shape index (κ1) is 16.6. The van der Waals surface area contributed by atoms with Crippen molar-refractivity contribution in [3.05, 3.63) is 24.0 Å². The Bertz CT molecular complexity index is 404. The number of nitrogens with one attached hydrogen (secondary N) is 1. The Balaban J connectivity index is 0.00000289. The van der Waals surface area contributed by atoms with E-state index in [-0.39, 0.29) is 24.8 Å². The van der Waals surface area contributed by atoms with Gasteiger partial charge < -0.3 is 20.5 Å². The second-order valence-electron chi connectivity index (χ2n) is 3.40. The van der Waals surface area contributed by atoms with Crippen molar-refractivity contribution >= 4 is 24.0 Å².